The van der Waals surface area contributed by atoms with Gasteiger partial charge >= 0.3 is 0 Å². The molecule has 0 bridgehead atoms. The minimum atomic E-state index is 0.0702. The Kier molecular flexibility index (Phi) is 2.86. The van der Waals surface area contributed by atoms with E-state index in [1.165, 1.54) is 24.0 Å². The van der Waals surface area contributed by atoms with E-state index >= 15 is 0 Å². The second-order valence-electron chi connectivity index (χ2n) is 5.57. The molecule has 1 aliphatic heterocycles. The molecule has 1 spiro atoms. The van der Waals surface area contributed by atoms with E-state index in [2.05, 4.69) is 34.9 Å². The van der Waals surface area contributed by atoms with Crippen LogP contribution in [-0.2, 0) is 10.2 Å². The number of carbonyl (C=O) groups excluding carboxylic acids is 1. The van der Waals surface area contributed by atoms with Gasteiger partial charge in [0, 0.05) is 12.3 Å². The van der Waals surface area contributed by atoms with Gasteiger partial charge in [0.05, 0.1) is 6.04 Å². The first kappa shape index (κ1) is 11.7. The Labute approximate surface area is 108 Å². The van der Waals surface area contributed by atoms with Crippen LogP contribution in [0.3, 0.4) is 0 Å². The highest BCUT2D eigenvalue weighted by atomic mass is 16.1. The van der Waals surface area contributed by atoms with Crippen molar-refractivity contribution in [3.05, 3.63) is 35.4 Å². The van der Waals surface area contributed by atoms with Gasteiger partial charge in [-0.2, -0.15) is 0 Å². The highest BCUT2D eigenvalue weighted by Crippen LogP contribution is 2.49. The van der Waals surface area contributed by atoms with Crippen LogP contribution in [0, 0.1) is 0 Å². The normalized spacial score (nSPS) is 24.8. The van der Waals surface area contributed by atoms with E-state index in [0.717, 1.165) is 19.5 Å². The number of hydrogen-bond donors (Lipinski definition) is 2. The molecule has 2 aliphatic rings. The van der Waals surface area contributed by atoms with Crippen molar-refractivity contribution in [3.63, 3.8) is 0 Å². The standard InChI is InChI=1S/C15H20N2O/c1-11(18)17-14-10-15(6-8-16-9-7-15)13-5-3-2-4-12(13)14/h2-5,14,16H,6-10H2,1H3,(H,17,18). The second-order valence-corrected chi connectivity index (χ2v) is 5.57. The molecule has 1 aliphatic carbocycles. The molecule has 1 aromatic rings. The Hall–Kier alpha value is -1.35. The molecule has 18 heavy (non-hydrogen) atoms. The summed E-state index contributed by atoms with van der Waals surface area (Å²) in [5.41, 5.74) is 3.08. The lowest BCUT2D eigenvalue weighted by atomic mass is 9.74. The number of amides is 1. The number of fused-ring (bicyclic) bond motifs is 2. The van der Waals surface area contributed by atoms with Gasteiger partial charge in [0.15, 0.2) is 0 Å². The lowest BCUT2D eigenvalue weighted by Gasteiger charge is -2.35. The van der Waals surface area contributed by atoms with Crippen molar-refractivity contribution in [1.82, 2.24) is 10.6 Å². The molecule has 96 valence electrons. The highest BCUT2D eigenvalue weighted by Gasteiger charge is 2.44. The Morgan fingerprint density at radius 1 is 1.33 bits per heavy atom. The molecule has 0 saturated carbocycles. The van der Waals surface area contributed by atoms with Crippen LogP contribution in [0.5, 0.6) is 0 Å². The number of rotatable bonds is 1. The predicted octanol–water partition coefficient (Wildman–Crippen LogP) is 1.89. The zero-order chi connectivity index (χ0) is 12.6. The molecule has 3 heteroatoms. The first-order chi connectivity index (χ1) is 8.71. The lowest BCUT2D eigenvalue weighted by molar-refractivity contribution is -0.119. The van der Waals surface area contributed by atoms with Crippen molar-refractivity contribution < 1.29 is 4.79 Å². The van der Waals surface area contributed by atoms with E-state index in [1.807, 2.05) is 0 Å². The van der Waals surface area contributed by atoms with Gasteiger partial charge in [-0.15, -0.1) is 0 Å². The summed E-state index contributed by atoms with van der Waals surface area (Å²) in [6.45, 7) is 3.78. The van der Waals surface area contributed by atoms with Crippen molar-refractivity contribution in [2.24, 2.45) is 0 Å². The van der Waals surface area contributed by atoms with Crippen molar-refractivity contribution in [2.45, 2.75) is 37.6 Å². The molecule has 1 fully saturated rings. The van der Waals surface area contributed by atoms with E-state index < -0.39 is 0 Å². The van der Waals surface area contributed by atoms with Gasteiger partial charge in [0.1, 0.15) is 0 Å². The van der Waals surface area contributed by atoms with Crippen LogP contribution >= 0.6 is 0 Å². The maximum atomic E-state index is 11.4. The van der Waals surface area contributed by atoms with Gasteiger partial charge in [-0.05, 0) is 43.5 Å². The quantitative estimate of drug-likeness (QED) is 0.792. The third kappa shape index (κ3) is 1.83. The van der Waals surface area contributed by atoms with E-state index in [-0.39, 0.29) is 17.4 Å². The van der Waals surface area contributed by atoms with Crippen molar-refractivity contribution >= 4 is 5.91 Å². The average molecular weight is 244 g/mol. The van der Waals surface area contributed by atoms with Gasteiger partial charge in [0.2, 0.25) is 5.91 Å². The Morgan fingerprint density at radius 2 is 2.06 bits per heavy atom. The third-order valence-corrected chi connectivity index (χ3v) is 4.44. The third-order valence-electron chi connectivity index (χ3n) is 4.44. The molecule has 0 radical (unpaired) electrons. The molecule has 3 rings (SSSR count). The number of benzene rings is 1. The molecule has 2 N–H and O–H groups in total. The maximum absolute atomic E-state index is 11.4. The number of carbonyl (C=O) groups is 1. The molecule has 1 aromatic carbocycles. The molecule has 1 amide bonds. The van der Waals surface area contributed by atoms with Crippen LogP contribution in [0.1, 0.15) is 43.4 Å². The first-order valence-electron chi connectivity index (χ1n) is 6.78. The first-order valence-corrected chi connectivity index (χ1v) is 6.78. The number of piperidine rings is 1. The predicted molar refractivity (Wildman–Crippen MR) is 71.4 cm³/mol. The van der Waals surface area contributed by atoms with E-state index in [4.69, 9.17) is 0 Å². The molecular formula is C15H20N2O. The lowest BCUT2D eigenvalue weighted by Crippen LogP contribution is -2.39. The fourth-order valence-corrected chi connectivity index (χ4v) is 3.65. The summed E-state index contributed by atoms with van der Waals surface area (Å²) in [6.07, 6.45) is 3.42. The molecule has 1 atom stereocenters. The van der Waals surface area contributed by atoms with Crippen molar-refractivity contribution in [1.29, 1.82) is 0 Å². The summed E-state index contributed by atoms with van der Waals surface area (Å²) in [4.78, 5) is 11.4. The molecule has 3 nitrogen and oxygen atoms in total. The summed E-state index contributed by atoms with van der Waals surface area (Å²) >= 11 is 0. The van der Waals surface area contributed by atoms with Crippen LogP contribution in [0.4, 0.5) is 0 Å². The zero-order valence-corrected chi connectivity index (χ0v) is 10.8. The zero-order valence-electron chi connectivity index (χ0n) is 10.8. The second kappa shape index (κ2) is 4.39. The SMILES string of the molecule is CC(=O)NC1CC2(CCNCC2)c2ccccc21. The van der Waals surface area contributed by atoms with Gasteiger partial charge in [-0.1, -0.05) is 24.3 Å². The summed E-state index contributed by atoms with van der Waals surface area (Å²) in [5.74, 6) is 0.0702. The Balaban J connectivity index is 1.98. The fourth-order valence-electron chi connectivity index (χ4n) is 3.65. The number of nitrogens with one attached hydrogen (secondary N) is 2. The molecular weight excluding hydrogens is 224 g/mol. The maximum Gasteiger partial charge on any atom is 0.217 e. The van der Waals surface area contributed by atoms with Gasteiger partial charge < -0.3 is 10.6 Å². The van der Waals surface area contributed by atoms with Gasteiger partial charge in [-0.25, -0.2) is 0 Å². The minimum Gasteiger partial charge on any atom is -0.349 e. The van der Waals surface area contributed by atoms with Crippen LogP contribution in [-0.4, -0.2) is 19.0 Å². The Morgan fingerprint density at radius 3 is 2.78 bits per heavy atom. The summed E-state index contributed by atoms with van der Waals surface area (Å²) in [7, 11) is 0. The van der Waals surface area contributed by atoms with Crippen molar-refractivity contribution in [3.8, 4) is 0 Å². The summed E-state index contributed by atoms with van der Waals surface area (Å²) in [6, 6.07) is 8.83. The Bertz CT molecular complexity index is 463. The minimum absolute atomic E-state index is 0.0702. The molecule has 1 saturated heterocycles. The smallest absolute Gasteiger partial charge is 0.217 e. The van der Waals surface area contributed by atoms with Crippen LogP contribution < -0.4 is 10.6 Å². The van der Waals surface area contributed by atoms with Crippen LogP contribution in [0.15, 0.2) is 24.3 Å². The van der Waals surface area contributed by atoms with E-state index in [1.54, 1.807) is 6.92 Å². The highest BCUT2D eigenvalue weighted by molar-refractivity contribution is 5.73. The molecule has 0 aromatic heterocycles. The monoisotopic (exact) mass is 244 g/mol. The van der Waals surface area contributed by atoms with Gasteiger partial charge in [-0.3, -0.25) is 4.79 Å². The van der Waals surface area contributed by atoms with Crippen molar-refractivity contribution in [2.75, 3.05) is 13.1 Å². The molecule has 1 unspecified atom stereocenters. The fraction of sp³-hybridized carbons (Fsp3) is 0.533. The largest absolute Gasteiger partial charge is 0.349 e. The van der Waals surface area contributed by atoms with E-state index in [9.17, 15) is 4.79 Å². The van der Waals surface area contributed by atoms with E-state index in [0.29, 0.717) is 0 Å². The summed E-state index contributed by atoms with van der Waals surface area (Å²) in [5, 5.41) is 6.55. The number of hydrogen-bond acceptors (Lipinski definition) is 2. The van der Waals surface area contributed by atoms with Gasteiger partial charge in [0.25, 0.3) is 0 Å². The summed E-state index contributed by atoms with van der Waals surface area (Å²) < 4.78 is 0. The topological polar surface area (TPSA) is 41.1 Å². The van der Waals surface area contributed by atoms with Crippen LogP contribution in [0.2, 0.25) is 0 Å². The average Bonchev–Trinajstić information content (AvgIpc) is 2.65. The van der Waals surface area contributed by atoms with Crippen LogP contribution in [0.25, 0.3) is 0 Å². The molecule has 1 heterocycles.